The zero-order valence-electron chi connectivity index (χ0n) is 26.5. The van der Waals surface area contributed by atoms with Crippen molar-refractivity contribution in [1.82, 2.24) is 28.9 Å². The summed E-state index contributed by atoms with van der Waals surface area (Å²) in [5.41, 5.74) is 2.25. The number of benzene rings is 1. The lowest BCUT2D eigenvalue weighted by molar-refractivity contribution is 0.0240. The second kappa shape index (κ2) is 13.3. The van der Waals surface area contributed by atoms with Gasteiger partial charge in [0.2, 0.25) is 0 Å². The first-order valence-electron chi connectivity index (χ1n) is 15.6. The molecule has 2 fully saturated rings. The van der Waals surface area contributed by atoms with Crippen LogP contribution in [0.25, 0.3) is 16.9 Å². The number of anilines is 2. The third-order valence-corrected chi connectivity index (χ3v) is 8.09. The van der Waals surface area contributed by atoms with E-state index in [0.29, 0.717) is 57.4 Å². The van der Waals surface area contributed by atoms with Gasteiger partial charge in [-0.15, -0.1) is 0 Å². The quantitative estimate of drug-likeness (QED) is 0.328. The average Bonchev–Trinajstić information content (AvgIpc) is 3.34. The number of aromatic nitrogens is 4. The van der Waals surface area contributed by atoms with E-state index in [1.54, 1.807) is 44.6 Å². The molecule has 4 aromatic rings. The van der Waals surface area contributed by atoms with Gasteiger partial charge in [-0.3, -0.25) is 19.2 Å². The molecule has 2 amide bonds. The third-order valence-electron chi connectivity index (χ3n) is 8.09. The molecule has 0 bridgehead atoms. The number of nitrogens with one attached hydrogen (secondary N) is 1. The van der Waals surface area contributed by atoms with Gasteiger partial charge in [0.05, 0.1) is 41.8 Å². The summed E-state index contributed by atoms with van der Waals surface area (Å²) in [4.78, 5) is 54.8. The van der Waals surface area contributed by atoms with Gasteiger partial charge in [0.15, 0.2) is 0 Å². The Bertz CT molecular complexity index is 1760. The highest BCUT2D eigenvalue weighted by molar-refractivity contribution is 6.04. The summed E-state index contributed by atoms with van der Waals surface area (Å²) < 4.78 is 14.3. The summed E-state index contributed by atoms with van der Waals surface area (Å²) in [7, 11) is 0. The van der Waals surface area contributed by atoms with Gasteiger partial charge in [-0.2, -0.15) is 0 Å². The van der Waals surface area contributed by atoms with Crippen LogP contribution in [0.5, 0.6) is 0 Å². The first-order chi connectivity index (χ1) is 22.2. The number of amides is 2. The number of fused-ring (bicyclic) bond motifs is 1. The molecule has 2 saturated heterocycles. The molecule has 2 aliphatic heterocycles. The van der Waals surface area contributed by atoms with Crippen molar-refractivity contribution < 1.29 is 19.1 Å². The summed E-state index contributed by atoms with van der Waals surface area (Å²) in [5, 5.41) is 2.96. The molecule has 0 unspecified atom stereocenters. The summed E-state index contributed by atoms with van der Waals surface area (Å²) >= 11 is 0. The van der Waals surface area contributed by atoms with Crippen molar-refractivity contribution in [3.63, 3.8) is 0 Å². The van der Waals surface area contributed by atoms with Gasteiger partial charge in [0.25, 0.3) is 5.91 Å². The number of carbonyl (C=O) groups is 2. The largest absolute Gasteiger partial charge is 0.444 e. The highest BCUT2D eigenvalue weighted by Gasteiger charge is 2.27. The van der Waals surface area contributed by atoms with Crippen molar-refractivity contribution in [3.05, 3.63) is 77.1 Å². The molecule has 13 nitrogen and oxygen atoms in total. The van der Waals surface area contributed by atoms with Gasteiger partial charge >= 0.3 is 11.8 Å². The number of para-hydroxylation sites is 2. The molecule has 1 N–H and O–H groups in total. The van der Waals surface area contributed by atoms with E-state index in [0.717, 1.165) is 36.4 Å². The normalized spacial score (nSPS) is 16.1. The van der Waals surface area contributed by atoms with Gasteiger partial charge in [-0.25, -0.2) is 19.1 Å². The first kappa shape index (κ1) is 31.2. The van der Waals surface area contributed by atoms with Crippen molar-refractivity contribution in [3.8, 4) is 5.82 Å². The van der Waals surface area contributed by atoms with Crippen LogP contribution in [0.4, 0.5) is 16.2 Å². The van der Waals surface area contributed by atoms with Crippen LogP contribution < -0.4 is 15.9 Å². The Kier molecular flexibility index (Phi) is 9.04. The maximum atomic E-state index is 13.8. The Hall–Kier alpha value is -4.75. The summed E-state index contributed by atoms with van der Waals surface area (Å²) in [6.45, 7) is 12.0. The van der Waals surface area contributed by atoms with Crippen LogP contribution >= 0.6 is 0 Å². The molecule has 0 saturated carbocycles. The number of piperazine rings is 1. The first-order valence-corrected chi connectivity index (χ1v) is 15.6. The van der Waals surface area contributed by atoms with Crippen LogP contribution in [0, 0.1) is 0 Å². The molecule has 5 heterocycles. The van der Waals surface area contributed by atoms with Crippen molar-refractivity contribution in [1.29, 1.82) is 0 Å². The predicted octanol–water partition coefficient (Wildman–Crippen LogP) is 3.22. The molecular weight excluding hydrogens is 588 g/mol. The highest BCUT2D eigenvalue weighted by Crippen LogP contribution is 2.27. The smallest absolute Gasteiger partial charge is 0.410 e. The lowest BCUT2D eigenvalue weighted by Crippen LogP contribution is -2.50. The molecule has 0 aliphatic carbocycles. The maximum Gasteiger partial charge on any atom is 0.410 e. The van der Waals surface area contributed by atoms with Crippen LogP contribution in [-0.2, 0) is 16.0 Å². The molecular formula is C33H40N8O5. The summed E-state index contributed by atoms with van der Waals surface area (Å²) in [6.07, 6.45) is 2.94. The number of nitrogens with zero attached hydrogens (tertiary/aromatic N) is 7. The number of pyridine rings is 2. The fourth-order valence-corrected chi connectivity index (χ4v) is 5.79. The second-order valence-electron chi connectivity index (χ2n) is 12.4. The van der Waals surface area contributed by atoms with Gasteiger partial charge in [0.1, 0.15) is 17.1 Å². The number of hydrogen-bond donors (Lipinski definition) is 1. The van der Waals surface area contributed by atoms with Gasteiger partial charge in [-0.1, -0.05) is 18.2 Å². The maximum absolute atomic E-state index is 13.8. The minimum absolute atomic E-state index is 0.166. The lowest BCUT2D eigenvalue weighted by atomic mass is 10.2. The molecule has 0 atom stereocenters. The second-order valence-corrected chi connectivity index (χ2v) is 12.4. The molecule has 0 spiro atoms. The van der Waals surface area contributed by atoms with Crippen molar-refractivity contribution >= 4 is 34.4 Å². The van der Waals surface area contributed by atoms with E-state index in [9.17, 15) is 14.4 Å². The van der Waals surface area contributed by atoms with E-state index in [1.165, 1.54) is 0 Å². The Morgan fingerprint density at radius 2 is 1.65 bits per heavy atom. The Morgan fingerprint density at radius 3 is 2.39 bits per heavy atom. The molecule has 6 rings (SSSR count). The SMILES string of the molecule is CC(C)(C)OC(=O)N1CCN(c2ccncc2NC(=O)c2cccc(-n3c(=O)n(CCN4CCOCC4)c4ccccc43)n2)CC1. The van der Waals surface area contributed by atoms with E-state index in [4.69, 9.17) is 9.47 Å². The topological polar surface area (TPSA) is 127 Å². The predicted molar refractivity (Wildman–Crippen MR) is 175 cm³/mol. The van der Waals surface area contributed by atoms with Crippen molar-refractivity contribution in [2.75, 3.05) is 69.2 Å². The Labute approximate surface area is 267 Å². The van der Waals surface area contributed by atoms with Crippen LogP contribution in [0.1, 0.15) is 31.3 Å². The molecule has 242 valence electrons. The molecule has 0 radical (unpaired) electrons. The fraction of sp³-hybridized carbons (Fsp3) is 0.424. The number of ether oxygens (including phenoxy) is 2. The summed E-state index contributed by atoms with van der Waals surface area (Å²) in [6, 6.07) is 14.5. The molecule has 46 heavy (non-hydrogen) atoms. The van der Waals surface area contributed by atoms with Crippen LogP contribution in [0.2, 0.25) is 0 Å². The van der Waals surface area contributed by atoms with Gasteiger partial charge < -0.3 is 24.6 Å². The van der Waals surface area contributed by atoms with Gasteiger partial charge in [0, 0.05) is 58.6 Å². The third kappa shape index (κ3) is 6.90. The van der Waals surface area contributed by atoms with Crippen molar-refractivity contribution in [2.45, 2.75) is 32.9 Å². The fourth-order valence-electron chi connectivity index (χ4n) is 5.79. The van der Waals surface area contributed by atoms with Crippen LogP contribution in [-0.4, -0.2) is 106 Å². The minimum atomic E-state index is -0.560. The Morgan fingerprint density at radius 1 is 0.913 bits per heavy atom. The van der Waals surface area contributed by atoms with Crippen LogP contribution in [0.3, 0.4) is 0 Å². The average molecular weight is 629 g/mol. The monoisotopic (exact) mass is 628 g/mol. The van der Waals surface area contributed by atoms with E-state index in [1.807, 2.05) is 51.1 Å². The van der Waals surface area contributed by atoms with E-state index in [-0.39, 0.29) is 17.5 Å². The summed E-state index contributed by atoms with van der Waals surface area (Å²) in [5.74, 6) is -0.0590. The zero-order chi connectivity index (χ0) is 32.3. The standard InChI is InChI=1S/C33H40N8O5/c1-33(2,3)46-32(44)39-16-14-38(15-17-39)26-11-12-34-23-25(26)36-30(42)24-7-6-10-29(35-24)41-28-9-5-4-8-27(28)40(31(41)43)18-13-37-19-21-45-22-20-37/h4-12,23H,13-22H2,1-3H3,(H,36,42). The highest BCUT2D eigenvalue weighted by atomic mass is 16.6. The van der Waals surface area contributed by atoms with E-state index in [2.05, 4.69) is 25.1 Å². The van der Waals surface area contributed by atoms with Crippen LogP contribution in [0.15, 0.2) is 65.7 Å². The van der Waals surface area contributed by atoms with Gasteiger partial charge in [-0.05, 0) is 51.1 Å². The molecule has 2 aliphatic rings. The molecule has 1 aromatic carbocycles. The van der Waals surface area contributed by atoms with E-state index < -0.39 is 11.5 Å². The lowest BCUT2D eigenvalue weighted by Gasteiger charge is -2.37. The number of carbonyl (C=O) groups excluding carboxylic acids is 2. The molecule has 3 aromatic heterocycles. The number of rotatable bonds is 7. The molecule has 13 heteroatoms. The number of hydrogen-bond acceptors (Lipinski definition) is 9. The number of imidazole rings is 1. The Balaban J connectivity index is 1.19. The number of morpholine rings is 1. The minimum Gasteiger partial charge on any atom is -0.444 e. The van der Waals surface area contributed by atoms with E-state index >= 15 is 0 Å². The zero-order valence-corrected chi connectivity index (χ0v) is 26.5. The van der Waals surface area contributed by atoms with Crippen molar-refractivity contribution in [2.24, 2.45) is 0 Å².